The number of aryl methyl sites for hydroxylation is 4. The Morgan fingerprint density at radius 2 is 1.08 bits per heavy atom. The Labute approximate surface area is 153 Å². The second-order valence-electron chi connectivity index (χ2n) is 4.68. The molecule has 0 aliphatic carbocycles. The minimum absolute atomic E-state index is 1.06. The Kier molecular flexibility index (Phi) is 12.7. The number of hydrogen-bond acceptors (Lipinski definition) is 6. The molecule has 0 aliphatic heterocycles. The van der Waals surface area contributed by atoms with Crippen LogP contribution < -0.4 is 9.13 Å². The van der Waals surface area contributed by atoms with Gasteiger partial charge >= 0.3 is 10.4 Å². The SMILES string of the molecule is CCn1cc[n+](C)c1.CCn1cc[n+](C)c1.O=S(=O)(O)O.O=S(=O)([O-])[O-]. The molecule has 0 radical (unpaired) electrons. The van der Waals surface area contributed by atoms with Gasteiger partial charge in [0.25, 0.3) is 0 Å². The van der Waals surface area contributed by atoms with Crippen LogP contribution in [0.4, 0.5) is 0 Å². The summed E-state index contributed by atoms with van der Waals surface area (Å²) >= 11 is 0. The second-order valence-corrected chi connectivity index (χ2v) is 6.39. The molecule has 2 aromatic rings. The molecule has 0 unspecified atom stereocenters. The van der Waals surface area contributed by atoms with Crippen molar-refractivity contribution >= 4 is 20.8 Å². The number of aromatic nitrogens is 4. The fraction of sp³-hybridized carbons (Fsp3) is 0.500. The van der Waals surface area contributed by atoms with E-state index in [1.54, 1.807) is 0 Å². The smallest absolute Gasteiger partial charge is 0.394 e. The summed E-state index contributed by atoms with van der Waals surface area (Å²) in [6.07, 6.45) is 12.3. The lowest BCUT2D eigenvalue weighted by Gasteiger charge is -2.06. The van der Waals surface area contributed by atoms with E-state index in [1.807, 2.05) is 35.6 Å². The van der Waals surface area contributed by atoms with E-state index in [-0.39, 0.29) is 0 Å². The van der Waals surface area contributed by atoms with Crippen LogP contribution in [-0.2, 0) is 48.0 Å². The van der Waals surface area contributed by atoms with Gasteiger partial charge in [-0.2, -0.15) is 8.42 Å². The Hall–Kier alpha value is -1.84. The molecule has 0 bridgehead atoms. The van der Waals surface area contributed by atoms with Crippen molar-refractivity contribution in [2.45, 2.75) is 26.9 Å². The van der Waals surface area contributed by atoms with Crippen molar-refractivity contribution < 1.29 is 44.2 Å². The Morgan fingerprint density at radius 1 is 0.846 bits per heavy atom. The zero-order valence-electron chi connectivity index (χ0n) is 14.8. The van der Waals surface area contributed by atoms with E-state index in [0.29, 0.717) is 0 Å². The van der Waals surface area contributed by atoms with Gasteiger partial charge in [-0.15, -0.1) is 0 Å². The molecule has 2 N–H and O–H groups in total. The van der Waals surface area contributed by atoms with Crippen molar-refractivity contribution in [3.05, 3.63) is 37.4 Å². The molecule has 0 aromatic carbocycles. The first kappa shape index (κ1) is 26.4. The van der Waals surface area contributed by atoms with Gasteiger partial charge in [0.1, 0.15) is 24.8 Å². The van der Waals surface area contributed by atoms with Gasteiger partial charge in [-0.1, -0.05) is 0 Å². The normalized spacial score (nSPS) is 10.5. The van der Waals surface area contributed by atoms with Crippen molar-refractivity contribution in [3.8, 4) is 0 Å². The lowest BCUT2D eigenvalue weighted by Crippen LogP contribution is -2.23. The first-order valence-corrected chi connectivity index (χ1v) is 9.77. The predicted octanol–water partition coefficient (Wildman–Crippen LogP) is -1.33. The summed E-state index contributed by atoms with van der Waals surface area (Å²) in [6.45, 7) is 6.36. The third-order valence-electron chi connectivity index (χ3n) is 2.38. The zero-order valence-corrected chi connectivity index (χ0v) is 16.5. The van der Waals surface area contributed by atoms with Gasteiger partial charge in [-0.05, 0) is 13.8 Å². The molecular weight excluding hydrogens is 392 g/mol. The summed E-state index contributed by atoms with van der Waals surface area (Å²) in [5.74, 6) is 0. The summed E-state index contributed by atoms with van der Waals surface area (Å²) < 4.78 is 74.0. The number of imidazole rings is 2. The number of nitrogens with zero attached hydrogens (tertiary/aromatic N) is 4. The molecule has 0 atom stereocenters. The Morgan fingerprint density at radius 3 is 1.15 bits per heavy atom. The fourth-order valence-corrected chi connectivity index (χ4v) is 1.38. The van der Waals surface area contributed by atoms with Gasteiger partial charge in [0.2, 0.25) is 12.7 Å². The molecule has 2 heterocycles. The van der Waals surface area contributed by atoms with Crippen LogP contribution in [0.5, 0.6) is 0 Å². The molecule has 0 fully saturated rings. The highest BCUT2D eigenvalue weighted by molar-refractivity contribution is 7.80. The minimum Gasteiger partial charge on any atom is -0.759 e. The molecule has 14 heteroatoms. The summed E-state index contributed by atoms with van der Waals surface area (Å²) in [5.41, 5.74) is 0. The molecule has 12 nitrogen and oxygen atoms in total. The van der Waals surface area contributed by atoms with Gasteiger partial charge in [0, 0.05) is 10.4 Å². The van der Waals surface area contributed by atoms with Gasteiger partial charge in [0.05, 0.1) is 27.2 Å². The first-order valence-electron chi connectivity index (χ1n) is 7.04. The lowest BCUT2D eigenvalue weighted by molar-refractivity contribution is -0.671. The maximum Gasteiger partial charge on any atom is 0.394 e. The molecule has 26 heavy (non-hydrogen) atoms. The number of rotatable bonds is 2. The van der Waals surface area contributed by atoms with Gasteiger partial charge in [0.15, 0.2) is 0 Å². The average Bonchev–Trinajstić information content (AvgIpc) is 3.04. The maximum atomic E-state index is 8.74. The van der Waals surface area contributed by atoms with E-state index in [4.69, 9.17) is 35.0 Å². The third kappa shape index (κ3) is 24.4. The predicted molar refractivity (Wildman–Crippen MR) is 87.2 cm³/mol. The van der Waals surface area contributed by atoms with Gasteiger partial charge < -0.3 is 9.11 Å². The molecule has 0 saturated heterocycles. The third-order valence-corrected chi connectivity index (χ3v) is 2.38. The molecule has 152 valence electrons. The molecule has 2 aromatic heterocycles. The van der Waals surface area contributed by atoms with Crippen LogP contribution in [0.3, 0.4) is 0 Å². The highest BCUT2D eigenvalue weighted by Gasteiger charge is 1.93. The maximum absolute atomic E-state index is 8.74. The highest BCUT2D eigenvalue weighted by Crippen LogP contribution is 1.79. The van der Waals surface area contributed by atoms with Crippen LogP contribution >= 0.6 is 0 Å². The van der Waals surface area contributed by atoms with Gasteiger partial charge in [-0.3, -0.25) is 17.5 Å². The molecule has 2 rings (SSSR count). The van der Waals surface area contributed by atoms with Crippen LogP contribution in [0, 0.1) is 0 Å². The topological polar surface area (TPSA) is 172 Å². The molecule has 0 amide bonds. The van der Waals surface area contributed by atoms with E-state index in [9.17, 15) is 0 Å². The van der Waals surface area contributed by atoms with Crippen molar-refractivity contribution in [1.29, 1.82) is 0 Å². The summed E-state index contributed by atoms with van der Waals surface area (Å²) in [5, 5.41) is 0. The van der Waals surface area contributed by atoms with E-state index in [2.05, 4.69) is 48.0 Å². The van der Waals surface area contributed by atoms with E-state index in [0.717, 1.165) is 13.1 Å². The second kappa shape index (κ2) is 12.5. The van der Waals surface area contributed by atoms with Crippen LogP contribution in [0.25, 0.3) is 0 Å². The molecule has 0 spiro atoms. The van der Waals surface area contributed by atoms with Crippen LogP contribution in [-0.4, -0.2) is 44.2 Å². The largest absolute Gasteiger partial charge is 0.759 e. The van der Waals surface area contributed by atoms with Crippen molar-refractivity contribution in [2.24, 2.45) is 14.1 Å². The van der Waals surface area contributed by atoms with Crippen LogP contribution in [0.2, 0.25) is 0 Å². The van der Waals surface area contributed by atoms with Crippen molar-refractivity contribution in [1.82, 2.24) is 9.13 Å². The monoisotopic (exact) mass is 416 g/mol. The summed E-state index contributed by atoms with van der Waals surface area (Å²) in [6, 6.07) is 0. The Bertz CT molecular complexity index is 741. The molecule has 0 aliphatic rings. The standard InChI is InChI=1S/2C6H11N2.2H2O4S/c2*1-3-8-5-4-7(2)6-8;2*1-5(2,3)4/h2*4-6H,3H2,1-2H3;2*(H2,1,2,3,4)/q2*+1;;/p-2. The highest BCUT2D eigenvalue weighted by atomic mass is 32.3. The van der Waals surface area contributed by atoms with Crippen molar-refractivity contribution in [3.63, 3.8) is 0 Å². The Balaban J connectivity index is 0. The molecular formula is C12H24N4O8S2. The van der Waals surface area contributed by atoms with E-state index >= 15 is 0 Å². The minimum atomic E-state index is -5.17. The average molecular weight is 416 g/mol. The van der Waals surface area contributed by atoms with Crippen molar-refractivity contribution in [2.75, 3.05) is 0 Å². The quantitative estimate of drug-likeness (QED) is 0.344. The van der Waals surface area contributed by atoms with E-state index < -0.39 is 20.8 Å². The fourth-order valence-electron chi connectivity index (χ4n) is 1.38. The first-order chi connectivity index (χ1) is 11.7. The lowest BCUT2D eigenvalue weighted by atomic mass is 10.7. The van der Waals surface area contributed by atoms with E-state index in [1.165, 1.54) is 0 Å². The number of hydrogen-bond donors (Lipinski definition) is 2. The summed E-state index contributed by atoms with van der Waals surface area (Å²) in [7, 11) is -5.79. The van der Waals surface area contributed by atoms with Gasteiger partial charge in [-0.25, -0.2) is 18.3 Å². The van der Waals surface area contributed by atoms with Crippen LogP contribution in [0.15, 0.2) is 37.4 Å². The zero-order chi connectivity index (χ0) is 21.0. The van der Waals surface area contributed by atoms with Crippen LogP contribution in [0.1, 0.15) is 13.8 Å². The summed E-state index contributed by atoms with van der Waals surface area (Å²) in [4.78, 5) is 0. The molecule has 0 saturated carbocycles.